The summed E-state index contributed by atoms with van der Waals surface area (Å²) in [7, 11) is 0. The fourth-order valence-electron chi connectivity index (χ4n) is 2.35. The van der Waals surface area contributed by atoms with E-state index in [1.807, 2.05) is 24.3 Å². The molecule has 0 fully saturated rings. The van der Waals surface area contributed by atoms with Gasteiger partial charge in [0, 0.05) is 31.0 Å². The molecule has 3 nitrogen and oxygen atoms in total. The van der Waals surface area contributed by atoms with Crippen molar-refractivity contribution in [2.45, 2.75) is 20.4 Å². The van der Waals surface area contributed by atoms with Gasteiger partial charge in [-0.15, -0.1) is 0 Å². The van der Waals surface area contributed by atoms with Crippen LogP contribution in [0.3, 0.4) is 0 Å². The van der Waals surface area contributed by atoms with Crippen molar-refractivity contribution in [2.24, 2.45) is 0 Å². The molecule has 2 aromatic carbocycles. The van der Waals surface area contributed by atoms with Gasteiger partial charge in [0.2, 0.25) is 0 Å². The number of nitrogens with zero attached hydrogens (tertiary/aromatic N) is 1. The van der Waals surface area contributed by atoms with Crippen molar-refractivity contribution in [1.82, 2.24) is 5.32 Å². The molecule has 2 aromatic rings. The zero-order valence-electron chi connectivity index (χ0n) is 13.8. The van der Waals surface area contributed by atoms with E-state index in [4.69, 9.17) is 12.2 Å². The number of benzene rings is 2. The second kappa shape index (κ2) is 8.59. The van der Waals surface area contributed by atoms with E-state index in [0.717, 1.165) is 36.6 Å². The molecule has 0 aliphatic heterocycles. The topological polar surface area (TPSA) is 27.3 Å². The van der Waals surface area contributed by atoms with Gasteiger partial charge in [-0.3, -0.25) is 0 Å². The van der Waals surface area contributed by atoms with Crippen LogP contribution in [-0.4, -0.2) is 18.2 Å². The number of nitrogens with one attached hydrogen (secondary N) is 2. The van der Waals surface area contributed by atoms with E-state index >= 15 is 0 Å². The standard InChI is InChI=1S/C18H21F2N3S/c1-3-23(4-2)15-8-6-14(7-9-15)22-18(24)21-12-13-5-10-16(19)17(20)11-13/h5-11H,3-4,12H2,1-2H3,(H2,21,22,24). The van der Waals surface area contributed by atoms with Crippen molar-refractivity contribution >= 4 is 28.7 Å². The Kier molecular flexibility index (Phi) is 6.49. The minimum absolute atomic E-state index is 0.320. The minimum Gasteiger partial charge on any atom is -0.372 e. The van der Waals surface area contributed by atoms with Crippen LogP contribution in [0.1, 0.15) is 19.4 Å². The molecular weight excluding hydrogens is 328 g/mol. The molecule has 0 radical (unpaired) electrons. The monoisotopic (exact) mass is 349 g/mol. The molecule has 2 N–H and O–H groups in total. The minimum atomic E-state index is -0.861. The van der Waals surface area contributed by atoms with Gasteiger partial charge < -0.3 is 15.5 Å². The van der Waals surface area contributed by atoms with Crippen LogP contribution >= 0.6 is 12.2 Å². The van der Waals surface area contributed by atoms with Crippen LogP contribution in [-0.2, 0) is 6.54 Å². The predicted octanol–water partition coefficient (Wildman–Crippen LogP) is 4.30. The highest BCUT2D eigenvalue weighted by Crippen LogP contribution is 2.17. The van der Waals surface area contributed by atoms with Gasteiger partial charge in [-0.05, 0) is 68.0 Å². The van der Waals surface area contributed by atoms with Crippen molar-refractivity contribution < 1.29 is 8.78 Å². The second-order valence-electron chi connectivity index (χ2n) is 5.28. The lowest BCUT2D eigenvalue weighted by molar-refractivity contribution is 0.507. The third-order valence-corrected chi connectivity index (χ3v) is 3.94. The van der Waals surface area contributed by atoms with Gasteiger partial charge in [0.05, 0.1) is 0 Å². The van der Waals surface area contributed by atoms with E-state index in [1.165, 1.54) is 6.07 Å². The largest absolute Gasteiger partial charge is 0.372 e. The summed E-state index contributed by atoms with van der Waals surface area (Å²) in [5.74, 6) is -1.71. The van der Waals surface area contributed by atoms with Gasteiger partial charge in [-0.1, -0.05) is 6.07 Å². The van der Waals surface area contributed by atoms with E-state index in [2.05, 4.69) is 29.4 Å². The maximum atomic E-state index is 13.2. The van der Waals surface area contributed by atoms with E-state index in [1.54, 1.807) is 0 Å². The highest BCUT2D eigenvalue weighted by atomic mass is 32.1. The van der Waals surface area contributed by atoms with Gasteiger partial charge in [-0.2, -0.15) is 0 Å². The molecular formula is C18H21F2N3S. The van der Waals surface area contributed by atoms with Crippen LogP contribution in [0.4, 0.5) is 20.2 Å². The fourth-order valence-corrected chi connectivity index (χ4v) is 2.54. The summed E-state index contributed by atoms with van der Waals surface area (Å²) in [6.07, 6.45) is 0. The Labute approximate surface area is 146 Å². The molecule has 0 aliphatic rings. The number of rotatable bonds is 6. The molecule has 128 valence electrons. The Morgan fingerprint density at radius 2 is 1.67 bits per heavy atom. The molecule has 0 spiro atoms. The van der Waals surface area contributed by atoms with Crippen LogP contribution in [0, 0.1) is 11.6 Å². The third-order valence-electron chi connectivity index (χ3n) is 3.69. The van der Waals surface area contributed by atoms with Crippen LogP contribution in [0.25, 0.3) is 0 Å². The lowest BCUT2D eigenvalue weighted by Crippen LogP contribution is -2.28. The number of hydrogen-bond donors (Lipinski definition) is 2. The number of anilines is 2. The summed E-state index contributed by atoms with van der Waals surface area (Å²) in [5.41, 5.74) is 2.65. The lowest BCUT2D eigenvalue weighted by atomic mass is 10.2. The predicted molar refractivity (Wildman–Crippen MR) is 99.4 cm³/mol. The first-order chi connectivity index (χ1) is 11.5. The Balaban J connectivity index is 1.88. The Morgan fingerprint density at radius 3 is 2.25 bits per heavy atom. The first kappa shape index (κ1) is 18.1. The van der Waals surface area contributed by atoms with E-state index in [9.17, 15) is 8.78 Å². The maximum Gasteiger partial charge on any atom is 0.171 e. The normalized spacial score (nSPS) is 10.3. The lowest BCUT2D eigenvalue weighted by Gasteiger charge is -2.21. The molecule has 0 aliphatic carbocycles. The molecule has 6 heteroatoms. The average molecular weight is 349 g/mol. The first-order valence-electron chi connectivity index (χ1n) is 7.87. The first-order valence-corrected chi connectivity index (χ1v) is 8.28. The molecule has 0 bridgehead atoms. The quantitative estimate of drug-likeness (QED) is 0.761. The molecule has 0 saturated carbocycles. The van der Waals surface area contributed by atoms with Gasteiger partial charge in [-0.25, -0.2) is 8.78 Å². The smallest absolute Gasteiger partial charge is 0.171 e. The van der Waals surface area contributed by atoms with Gasteiger partial charge in [0.15, 0.2) is 16.7 Å². The average Bonchev–Trinajstić information content (AvgIpc) is 2.58. The van der Waals surface area contributed by atoms with Crippen molar-refractivity contribution in [1.29, 1.82) is 0 Å². The summed E-state index contributed by atoms with van der Waals surface area (Å²) in [4.78, 5) is 2.25. The molecule has 0 unspecified atom stereocenters. The van der Waals surface area contributed by atoms with Crippen molar-refractivity contribution in [3.8, 4) is 0 Å². The molecule has 0 aromatic heterocycles. The zero-order valence-corrected chi connectivity index (χ0v) is 14.6. The molecule has 24 heavy (non-hydrogen) atoms. The van der Waals surface area contributed by atoms with Crippen LogP contribution < -0.4 is 15.5 Å². The number of halogens is 2. The summed E-state index contributed by atoms with van der Waals surface area (Å²) in [5, 5.41) is 6.48. The van der Waals surface area contributed by atoms with Gasteiger partial charge in [0.1, 0.15) is 0 Å². The van der Waals surface area contributed by atoms with Gasteiger partial charge >= 0.3 is 0 Å². The summed E-state index contributed by atoms with van der Waals surface area (Å²) >= 11 is 5.22. The van der Waals surface area contributed by atoms with Crippen LogP contribution in [0.15, 0.2) is 42.5 Å². The molecule has 2 rings (SSSR count). The number of thiocarbonyl (C=S) groups is 1. The third kappa shape index (κ3) is 4.89. The Bertz CT molecular complexity index is 685. The highest BCUT2D eigenvalue weighted by molar-refractivity contribution is 7.80. The van der Waals surface area contributed by atoms with Crippen molar-refractivity contribution in [2.75, 3.05) is 23.3 Å². The SMILES string of the molecule is CCN(CC)c1ccc(NC(=S)NCc2ccc(F)c(F)c2)cc1. The number of hydrogen-bond acceptors (Lipinski definition) is 2. The highest BCUT2D eigenvalue weighted by Gasteiger charge is 2.04. The molecule has 0 saturated heterocycles. The van der Waals surface area contributed by atoms with E-state index in [0.29, 0.717) is 17.2 Å². The summed E-state index contributed by atoms with van der Waals surface area (Å²) in [6.45, 7) is 6.47. The second-order valence-corrected chi connectivity index (χ2v) is 5.68. The van der Waals surface area contributed by atoms with Crippen molar-refractivity contribution in [3.05, 3.63) is 59.7 Å². The summed E-state index contributed by atoms with van der Waals surface area (Å²) < 4.78 is 26.0. The van der Waals surface area contributed by atoms with Crippen molar-refractivity contribution in [3.63, 3.8) is 0 Å². The van der Waals surface area contributed by atoms with Crippen LogP contribution in [0.5, 0.6) is 0 Å². The van der Waals surface area contributed by atoms with E-state index < -0.39 is 11.6 Å². The molecule has 0 atom stereocenters. The Hall–Kier alpha value is -2.21. The van der Waals surface area contributed by atoms with Gasteiger partial charge in [0.25, 0.3) is 0 Å². The summed E-state index contributed by atoms with van der Waals surface area (Å²) in [6, 6.07) is 11.8. The molecule has 0 amide bonds. The molecule has 0 heterocycles. The fraction of sp³-hybridized carbons (Fsp3) is 0.278. The van der Waals surface area contributed by atoms with E-state index in [-0.39, 0.29) is 0 Å². The Morgan fingerprint density at radius 1 is 1.00 bits per heavy atom. The maximum absolute atomic E-state index is 13.2. The zero-order chi connectivity index (χ0) is 17.5. The van der Waals surface area contributed by atoms with Crippen LogP contribution in [0.2, 0.25) is 0 Å².